The van der Waals surface area contributed by atoms with Gasteiger partial charge in [-0.2, -0.15) is 5.26 Å². The fourth-order valence-electron chi connectivity index (χ4n) is 0.927. The fraction of sp³-hybridized carbons (Fsp3) is 0.200. The van der Waals surface area contributed by atoms with Crippen molar-refractivity contribution in [2.24, 2.45) is 0 Å². The van der Waals surface area contributed by atoms with E-state index in [-0.39, 0.29) is 5.91 Å². The largest absolute Gasteiger partial charge is 0.274 e. The number of hydrogen-bond donors (Lipinski definition) is 1. The van der Waals surface area contributed by atoms with Crippen LogP contribution >= 0.6 is 0 Å². The first kappa shape index (κ1) is 10.2. The molecule has 0 radical (unpaired) electrons. The van der Waals surface area contributed by atoms with E-state index >= 15 is 0 Å². The number of amides is 1. The van der Waals surface area contributed by atoms with Gasteiger partial charge in [0.05, 0.1) is 18.2 Å². The summed E-state index contributed by atoms with van der Waals surface area (Å²) in [6.45, 7) is 2.18. The van der Waals surface area contributed by atoms with Gasteiger partial charge in [0.1, 0.15) is 0 Å². The first-order valence-corrected chi connectivity index (χ1v) is 4.20. The van der Waals surface area contributed by atoms with Gasteiger partial charge in [0.2, 0.25) is 0 Å². The average Bonchev–Trinajstić information content (AvgIpc) is 2.26. The molecule has 0 heterocycles. The van der Waals surface area contributed by atoms with Crippen molar-refractivity contribution in [2.75, 3.05) is 6.61 Å². The van der Waals surface area contributed by atoms with Crippen LogP contribution in [0.2, 0.25) is 0 Å². The van der Waals surface area contributed by atoms with Crippen LogP contribution in [-0.4, -0.2) is 12.5 Å². The first-order valence-electron chi connectivity index (χ1n) is 4.20. The summed E-state index contributed by atoms with van der Waals surface area (Å²) in [5.41, 5.74) is 3.12. The van der Waals surface area contributed by atoms with Gasteiger partial charge >= 0.3 is 0 Å². The number of nitriles is 1. The van der Waals surface area contributed by atoms with Crippen LogP contribution in [0.15, 0.2) is 24.3 Å². The third-order valence-electron chi connectivity index (χ3n) is 1.56. The van der Waals surface area contributed by atoms with Crippen molar-refractivity contribution in [3.05, 3.63) is 35.4 Å². The zero-order chi connectivity index (χ0) is 10.4. The molecule has 72 valence electrons. The lowest BCUT2D eigenvalue weighted by molar-refractivity contribution is 0.0364. The highest BCUT2D eigenvalue weighted by molar-refractivity contribution is 5.93. The second-order valence-electron chi connectivity index (χ2n) is 2.56. The molecule has 0 spiro atoms. The Bertz CT molecular complexity index is 369. The summed E-state index contributed by atoms with van der Waals surface area (Å²) < 4.78 is 0. The van der Waals surface area contributed by atoms with Crippen molar-refractivity contribution in [1.29, 1.82) is 5.26 Å². The Morgan fingerprint density at radius 1 is 1.64 bits per heavy atom. The Morgan fingerprint density at radius 2 is 2.43 bits per heavy atom. The molecule has 0 aromatic heterocycles. The second kappa shape index (κ2) is 5.00. The molecular formula is C10H10N2O2. The molecule has 1 rings (SSSR count). The number of benzene rings is 1. The molecule has 0 atom stereocenters. The summed E-state index contributed by atoms with van der Waals surface area (Å²) in [4.78, 5) is 16.1. The summed E-state index contributed by atoms with van der Waals surface area (Å²) in [5.74, 6) is -0.344. The van der Waals surface area contributed by atoms with E-state index in [2.05, 4.69) is 5.48 Å². The van der Waals surface area contributed by atoms with E-state index in [1.807, 2.05) is 6.07 Å². The van der Waals surface area contributed by atoms with Crippen molar-refractivity contribution >= 4 is 5.91 Å². The molecule has 14 heavy (non-hydrogen) atoms. The van der Waals surface area contributed by atoms with Gasteiger partial charge in [0.25, 0.3) is 5.91 Å². The molecule has 0 saturated carbocycles. The van der Waals surface area contributed by atoms with E-state index in [9.17, 15) is 4.79 Å². The minimum absolute atomic E-state index is 0.344. The van der Waals surface area contributed by atoms with Crippen LogP contribution < -0.4 is 5.48 Å². The van der Waals surface area contributed by atoms with Crippen LogP contribution in [0.4, 0.5) is 0 Å². The molecule has 1 amide bonds. The molecule has 1 aromatic rings. The van der Waals surface area contributed by atoms with Crippen molar-refractivity contribution in [1.82, 2.24) is 5.48 Å². The summed E-state index contributed by atoms with van der Waals surface area (Å²) >= 11 is 0. The molecule has 0 aliphatic rings. The van der Waals surface area contributed by atoms with Crippen LogP contribution in [0.5, 0.6) is 0 Å². The van der Waals surface area contributed by atoms with Crippen LogP contribution in [0.1, 0.15) is 22.8 Å². The molecule has 1 N–H and O–H groups in total. The predicted octanol–water partition coefficient (Wildman–Crippen LogP) is 1.24. The first-order chi connectivity index (χ1) is 6.77. The summed E-state index contributed by atoms with van der Waals surface area (Å²) in [7, 11) is 0. The van der Waals surface area contributed by atoms with Crippen LogP contribution in [0.3, 0.4) is 0 Å². The molecule has 1 aromatic carbocycles. The molecule has 0 bridgehead atoms. The van der Waals surface area contributed by atoms with Gasteiger partial charge in [-0.25, -0.2) is 5.48 Å². The van der Waals surface area contributed by atoms with Gasteiger partial charge in [0, 0.05) is 5.56 Å². The minimum atomic E-state index is -0.344. The number of nitrogens with zero attached hydrogens (tertiary/aromatic N) is 1. The summed E-state index contributed by atoms with van der Waals surface area (Å²) in [6, 6.07) is 8.37. The Hall–Kier alpha value is -1.86. The number of carbonyl (C=O) groups is 1. The number of carbonyl (C=O) groups excluding carboxylic acids is 1. The lowest BCUT2D eigenvalue weighted by Gasteiger charge is -2.03. The van der Waals surface area contributed by atoms with E-state index in [0.717, 1.165) is 0 Å². The number of hydroxylamine groups is 1. The standard InChI is InChI=1S/C10H10N2O2/c1-2-14-12-10(13)9-5-3-4-8(6-9)7-11/h3-6H,2H2,1H3,(H,12,13). The van der Waals surface area contributed by atoms with Gasteiger partial charge in [-0.05, 0) is 25.1 Å². The average molecular weight is 190 g/mol. The summed E-state index contributed by atoms with van der Waals surface area (Å²) in [5, 5.41) is 8.61. The second-order valence-corrected chi connectivity index (χ2v) is 2.56. The zero-order valence-electron chi connectivity index (χ0n) is 7.78. The maximum atomic E-state index is 11.3. The van der Waals surface area contributed by atoms with Gasteiger partial charge in [-0.1, -0.05) is 6.07 Å². The van der Waals surface area contributed by atoms with E-state index < -0.39 is 0 Å². The Morgan fingerprint density at radius 3 is 3.07 bits per heavy atom. The van der Waals surface area contributed by atoms with Crippen molar-refractivity contribution in [3.63, 3.8) is 0 Å². The fourth-order valence-corrected chi connectivity index (χ4v) is 0.927. The van der Waals surface area contributed by atoms with Crippen molar-refractivity contribution in [3.8, 4) is 6.07 Å². The van der Waals surface area contributed by atoms with E-state index in [4.69, 9.17) is 10.1 Å². The Labute approximate surface area is 82.1 Å². The third kappa shape index (κ3) is 2.57. The highest BCUT2D eigenvalue weighted by Crippen LogP contribution is 2.03. The predicted molar refractivity (Wildman–Crippen MR) is 50.2 cm³/mol. The highest BCUT2D eigenvalue weighted by atomic mass is 16.6. The monoisotopic (exact) mass is 190 g/mol. The molecule has 0 aliphatic carbocycles. The minimum Gasteiger partial charge on any atom is -0.274 e. The highest BCUT2D eigenvalue weighted by Gasteiger charge is 2.04. The Kier molecular flexibility index (Phi) is 3.65. The smallest absolute Gasteiger partial charge is 0.274 e. The maximum absolute atomic E-state index is 11.3. The zero-order valence-corrected chi connectivity index (χ0v) is 7.78. The lowest BCUT2D eigenvalue weighted by atomic mass is 10.1. The number of hydrogen-bond acceptors (Lipinski definition) is 3. The van der Waals surface area contributed by atoms with Crippen molar-refractivity contribution in [2.45, 2.75) is 6.92 Å². The topological polar surface area (TPSA) is 62.1 Å². The quantitative estimate of drug-likeness (QED) is 0.729. The molecule has 0 aliphatic heterocycles. The van der Waals surface area contributed by atoms with Gasteiger partial charge in [-0.15, -0.1) is 0 Å². The summed E-state index contributed by atoms with van der Waals surface area (Å²) in [6.07, 6.45) is 0. The van der Waals surface area contributed by atoms with Gasteiger partial charge in [-0.3, -0.25) is 9.63 Å². The van der Waals surface area contributed by atoms with E-state index in [0.29, 0.717) is 17.7 Å². The Balaban J connectivity index is 2.75. The van der Waals surface area contributed by atoms with Crippen LogP contribution in [0.25, 0.3) is 0 Å². The SMILES string of the molecule is CCONC(=O)c1cccc(C#N)c1. The maximum Gasteiger partial charge on any atom is 0.274 e. The van der Waals surface area contributed by atoms with Crippen LogP contribution in [0, 0.1) is 11.3 Å². The molecular weight excluding hydrogens is 180 g/mol. The molecule has 0 unspecified atom stereocenters. The molecule has 4 nitrogen and oxygen atoms in total. The van der Waals surface area contributed by atoms with Crippen molar-refractivity contribution < 1.29 is 9.63 Å². The third-order valence-corrected chi connectivity index (χ3v) is 1.56. The normalized spacial score (nSPS) is 9.14. The molecule has 0 saturated heterocycles. The number of rotatable bonds is 3. The van der Waals surface area contributed by atoms with Gasteiger partial charge < -0.3 is 0 Å². The van der Waals surface area contributed by atoms with E-state index in [1.165, 1.54) is 6.07 Å². The van der Waals surface area contributed by atoms with E-state index in [1.54, 1.807) is 25.1 Å². The van der Waals surface area contributed by atoms with Gasteiger partial charge in [0.15, 0.2) is 0 Å². The lowest BCUT2D eigenvalue weighted by Crippen LogP contribution is -2.23. The van der Waals surface area contributed by atoms with Crippen LogP contribution in [-0.2, 0) is 4.84 Å². The number of nitrogens with one attached hydrogen (secondary N) is 1. The molecule has 4 heteroatoms. The molecule has 0 fully saturated rings.